The summed E-state index contributed by atoms with van der Waals surface area (Å²) < 4.78 is 0. The highest BCUT2D eigenvalue weighted by Gasteiger charge is 2.40. The van der Waals surface area contributed by atoms with Crippen molar-refractivity contribution in [2.75, 3.05) is 6.61 Å². The van der Waals surface area contributed by atoms with Crippen molar-refractivity contribution in [2.45, 2.75) is 26.2 Å². The fourth-order valence-electron chi connectivity index (χ4n) is 1.26. The number of ketones is 1. The van der Waals surface area contributed by atoms with Crippen LogP contribution in [0.15, 0.2) is 0 Å². The van der Waals surface area contributed by atoms with Gasteiger partial charge in [-0.15, -0.1) is 0 Å². The minimum atomic E-state index is -0.0168. The maximum absolute atomic E-state index is 10.5. The molecule has 0 spiro atoms. The Bertz CT molecular complexity index is 115. The first-order valence-electron chi connectivity index (χ1n) is 3.35. The van der Waals surface area contributed by atoms with E-state index in [1.165, 1.54) is 0 Å². The summed E-state index contributed by atoms with van der Waals surface area (Å²) in [5, 5.41) is 8.80. The molecule has 0 aromatic rings. The van der Waals surface area contributed by atoms with Crippen LogP contribution in [0.1, 0.15) is 26.2 Å². The second-order valence-electron chi connectivity index (χ2n) is 2.90. The molecule has 0 saturated heterocycles. The van der Waals surface area contributed by atoms with E-state index < -0.39 is 0 Å². The smallest absolute Gasteiger partial charge is 0.134 e. The maximum Gasteiger partial charge on any atom is 0.134 e. The zero-order valence-electron chi connectivity index (χ0n) is 5.68. The molecule has 1 aliphatic rings. The van der Waals surface area contributed by atoms with Gasteiger partial charge in [-0.05, 0) is 6.42 Å². The molecule has 0 unspecified atom stereocenters. The Morgan fingerprint density at radius 2 is 2.22 bits per heavy atom. The van der Waals surface area contributed by atoms with Crippen LogP contribution in [0.3, 0.4) is 0 Å². The minimum Gasteiger partial charge on any atom is -0.396 e. The first kappa shape index (κ1) is 6.75. The van der Waals surface area contributed by atoms with Crippen LogP contribution in [0.4, 0.5) is 0 Å². The molecule has 2 nitrogen and oxygen atoms in total. The van der Waals surface area contributed by atoms with Crippen molar-refractivity contribution in [3.05, 3.63) is 0 Å². The highest BCUT2D eigenvalue weighted by Crippen LogP contribution is 2.40. The molecule has 0 aliphatic heterocycles. The van der Waals surface area contributed by atoms with Gasteiger partial charge in [-0.3, -0.25) is 4.79 Å². The molecule has 0 radical (unpaired) electrons. The zero-order valence-corrected chi connectivity index (χ0v) is 5.68. The van der Waals surface area contributed by atoms with Gasteiger partial charge in [-0.2, -0.15) is 0 Å². The Kier molecular flexibility index (Phi) is 1.58. The van der Waals surface area contributed by atoms with Gasteiger partial charge >= 0.3 is 0 Å². The molecule has 0 aromatic carbocycles. The Labute approximate surface area is 54.9 Å². The molecule has 0 amide bonds. The zero-order chi connectivity index (χ0) is 6.91. The predicted molar refractivity (Wildman–Crippen MR) is 34.1 cm³/mol. The summed E-state index contributed by atoms with van der Waals surface area (Å²) in [6, 6.07) is 0. The summed E-state index contributed by atoms with van der Waals surface area (Å²) in [6.07, 6.45) is 2.12. The van der Waals surface area contributed by atoms with Crippen molar-refractivity contribution >= 4 is 5.78 Å². The quantitative estimate of drug-likeness (QED) is 0.595. The molecule has 1 rings (SSSR count). The van der Waals surface area contributed by atoms with Crippen molar-refractivity contribution in [1.82, 2.24) is 0 Å². The molecule has 9 heavy (non-hydrogen) atoms. The lowest BCUT2D eigenvalue weighted by molar-refractivity contribution is -0.135. The number of hydrogen-bond donors (Lipinski definition) is 1. The van der Waals surface area contributed by atoms with Gasteiger partial charge in [0.15, 0.2) is 0 Å². The van der Waals surface area contributed by atoms with Gasteiger partial charge in [-0.1, -0.05) is 6.92 Å². The summed E-state index contributed by atoms with van der Waals surface area (Å²) in [5.74, 6) is 0.297. The number of aliphatic hydroxyl groups excluding tert-OH is 1. The largest absolute Gasteiger partial charge is 0.396 e. The predicted octanol–water partition coefficient (Wildman–Crippen LogP) is 0.738. The molecule has 52 valence electrons. The first-order valence-corrected chi connectivity index (χ1v) is 3.35. The van der Waals surface area contributed by atoms with Crippen LogP contribution in [-0.4, -0.2) is 17.5 Å². The third-order valence-electron chi connectivity index (χ3n) is 2.23. The van der Waals surface area contributed by atoms with Crippen LogP contribution in [0.2, 0.25) is 0 Å². The highest BCUT2D eigenvalue weighted by molar-refractivity contribution is 5.86. The third kappa shape index (κ3) is 0.990. The van der Waals surface area contributed by atoms with Crippen LogP contribution in [0.25, 0.3) is 0 Å². The Morgan fingerprint density at radius 3 is 2.33 bits per heavy atom. The molecule has 0 aromatic heterocycles. The van der Waals surface area contributed by atoms with E-state index in [1.54, 1.807) is 0 Å². The van der Waals surface area contributed by atoms with E-state index in [0.29, 0.717) is 18.6 Å². The number of aliphatic hydroxyl groups is 1. The summed E-state index contributed by atoms with van der Waals surface area (Å²) in [5.41, 5.74) is -0.0168. The Morgan fingerprint density at radius 1 is 1.67 bits per heavy atom. The van der Waals surface area contributed by atoms with Gasteiger partial charge in [-0.25, -0.2) is 0 Å². The van der Waals surface area contributed by atoms with Crippen molar-refractivity contribution in [3.63, 3.8) is 0 Å². The molecule has 1 aliphatic carbocycles. The van der Waals surface area contributed by atoms with E-state index in [9.17, 15) is 4.79 Å². The summed E-state index contributed by atoms with van der Waals surface area (Å²) >= 11 is 0. The number of hydrogen-bond acceptors (Lipinski definition) is 2. The van der Waals surface area contributed by atoms with Gasteiger partial charge in [0.25, 0.3) is 0 Å². The fourth-order valence-corrected chi connectivity index (χ4v) is 1.26. The average Bonchev–Trinajstić information content (AvgIpc) is 1.81. The fraction of sp³-hybridized carbons (Fsp3) is 0.857. The maximum atomic E-state index is 10.5. The first-order chi connectivity index (χ1) is 4.22. The number of Topliss-reactive ketones (excluding diaryl/α,β-unsaturated/α-hetero) is 1. The lowest BCUT2D eigenvalue weighted by Crippen LogP contribution is -2.39. The standard InChI is InChI=1S/C7H12O2/c1-2-7(5-8)3-6(9)4-7/h8H,2-5H2,1H3. The van der Waals surface area contributed by atoms with Gasteiger partial charge in [0, 0.05) is 24.9 Å². The van der Waals surface area contributed by atoms with Crippen molar-refractivity contribution < 1.29 is 9.90 Å². The number of rotatable bonds is 2. The molecular weight excluding hydrogens is 116 g/mol. The highest BCUT2D eigenvalue weighted by atomic mass is 16.3. The van der Waals surface area contributed by atoms with Crippen molar-refractivity contribution in [3.8, 4) is 0 Å². The number of carbonyl (C=O) groups is 1. The lowest BCUT2D eigenvalue weighted by Gasteiger charge is -2.37. The van der Waals surface area contributed by atoms with Gasteiger partial charge in [0.1, 0.15) is 5.78 Å². The summed E-state index contributed by atoms with van der Waals surface area (Å²) in [4.78, 5) is 10.5. The molecular formula is C7H12O2. The summed E-state index contributed by atoms with van der Waals surface area (Å²) in [7, 11) is 0. The van der Waals surface area contributed by atoms with Crippen LogP contribution in [0, 0.1) is 5.41 Å². The normalized spacial score (nSPS) is 23.6. The second kappa shape index (κ2) is 2.10. The molecule has 1 fully saturated rings. The summed E-state index contributed by atoms with van der Waals surface area (Å²) in [6.45, 7) is 2.19. The number of carbonyl (C=O) groups excluding carboxylic acids is 1. The molecule has 2 heteroatoms. The Hall–Kier alpha value is -0.370. The van der Waals surface area contributed by atoms with Gasteiger partial charge in [0.05, 0.1) is 0 Å². The van der Waals surface area contributed by atoms with Crippen molar-refractivity contribution in [1.29, 1.82) is 0 Å². The van der Waals surface area contributed by atoms with Crippen LogP contribution >= 0.6 is 0 Å². The average molecular weight is 128 g/mol. The van der Waals surface area contributed by atoms with Gasteiger partial charge in [0.2, 0.25) is 0 Å². The molecule has 0 atom stereocenters. The molecule has 0 bridgehead atoms. The van der Waals surface area contributed by atoms with E-state index in [2.05, 4.69) is 0 Å². The van der Waals surface area contributed by atoms with Gasteiger partial charge < -0.3 is 5.11 Å². The molecule has 0 heterocycles. The van der Waals surface area contributed by atoms with E-state index >= 15 is 0 Å². The SMILES string of the molecule is CCC1(CO)CC(=O)C1. The second-order valence-corrected chi connectivity index (χ2v) is 2.90. The minimum absolute atomic E-state index is 0.0168. The lowest BCUT2D eigenvalue weighted by atomic mass is 9.67. The van der Waals surface area contributed by atoms with Crippen molar-refractivity contribution in [2.24, 2.45) is 5.41 Å². The van der Waals surface area contributed by atoms with Crippen LogP contribution in [0.5, 0.6) is 0 Å². The van der Waals surface area contributed by atoms with Crippen LogP contribution in [-0.2, 0) is 4.79 Å². The van der Waals surface area contributed by atoms with E-state index in [0.717, 1.165) is 6.42 Å². The van der Waals surface area contributed by atoms with Crippen LogP contribution < -0.4 is 0 Å². The van der Waals surface area contributed by atoms with E-state index in [1.807, 2.05) is 6.92 Å². The third-order valence-corrected chi connectivity index (χ3v) is 2.23. The van der Waals surface area contributed by atoms with E-state index in [4.69, 9.17) is 5.11 Å². The van der Waals surface area contributed by atoms with E-state index in [-0.39, 0.29) is 12.0 Å². The topological polar surface area (TPSA) is 37.3 Å². The molecule has 1 saturated carbocycles. The molecule has 1 N–H and O–H groups in total. The monoisotopic (exact) mass is 128 g/mol. The Balaban J connectivity index is 2.44.